The summed E-state index contributed by atoms with van der Waals surface area (Å²) in [5.74, 6) is 0.763. The van der Waals surface area contributed by atoms with Crippen LogP contribution >= 0.6 is 0 Å². The maximum absolute atomic E-state index is 11.9. The quantitative estimate of drug-likeness (QED) is 0.775. The summed E-state index contributed by atoms with van der Waals surface area (Å²) >= 11 is 0. The molecule has 0 spiro atoms. The van der Waals surface area contributed by atoms with Crippen LogP contribution in [0.5, 0.6) is 0 Å². The van der Waals surface area contributed by atoms with Gasteiger partial charge in [0.25, 0.3) is 0 Å². The Hall–Kier alpha value is -1.35. The molecule has 20 heavy (non-hydrogen) atoms. The van der Waals surface area contributed by atoms with Crippen LogP contribution in [0.1, 0.15) is 44.1 Å². The molecule has 0 aromatic heterocycles. The van der Waals surface area contributed by atoms with Gasteiger partial charge in [-0.15, -0.1) is 0 Å². The van der Waals surface area contributed by atoms with E-state index in [-0.39, 0.29) is 5.91 Å². The minimum absolute atomic E-state index is 0.176. The highest BCUT2D eigenvalue weighted by Gasteiger charge is 2.24. The number of nitrogens with zero attached hydrogens (tertiary/aromatic N) is 1. The number of carbonyl (C=O) groups is 1. The molecule has 1 aromatic rings. The summed E-state index contributed by atoms with van der Waals surface area (Å²) in [4.78, 5) is 14.1. The molecule has 1 aliphatic heterocycles. The van der Waals surface area contributed by atoms with Crippen molar-refractivity contribution in [2.75, 3.05) is 26.2 Å². The molecule has 1 saturated heterocycles. The molecule has 1 unspecified atom stereocenters. The van der Waals surface area contributed by atoms with Gasteiger partial charge in [0, 0.05) is 13.1 Å². The average molecular weight is 274 g/mol. The van der Waals surface area contributed by atoms with E-state index in [0.717, 1.165) is 32.5 Å². The Balaban J connectivity index is 1.69. The van der Waals surface area contributed by atoms with Gasteiger partial charge < -0.3 is 5.32 Å². The normalized spacial score (nSPS) is 19.1. The molecule has 1 aliphatic rings. The van der Waals surface area contributed by atoms with Crippen molar-refractivity contribution >= 4 is 5.91 Å². The van der Waals surface area contributed by atoms with Crippen molar-refractivity contribution in [3.05, 3.63) is 35.9 Å². The second kappa shape index (κ2) is 8.05. The van der Waals surface area contributed by atoms with Crippen LogP contribution in [-0.2, 0) is 4.79 Å². The topological polar surface area (TPSA) is 32.3 Å². The van der Waals surface area contributed by atoms with Crippen molar-refractivity contribution in [2.45, 2.75) is 38.5 Å². The van der Waals surface area contributed by atoms with Crippen LogP contribution in [0.2, 0.25) is 0 Å². The Morgan fingerprint density at radius 1 is 1.30 bits per heavy atom. The first-order valence-electron chi connectivity index (χ1n) is 7.83. The fourth-order valence-electron chi connectivity index (χ4n) is 2.84. The first-order valence-corrected chi connectivity index (χ1v) is 7.83. The van der Waals surface area contributed by atoms with Gasteiger partial charge in [-0.1, -0.05) is 50.1 Å². The predicted molar refractivity (Wildman–Crippen MR) is 82.8 cm³/mol. The zero-order valence-electron chi connectivity index (χ0n) is 12.5. The van der Waals surface area contributed by atoms with Crippen molar-refractivity contribution in [1.29, 1.82) is 0 Å². The van der Waals surface area contributed by atoms with E-state index in [0.29, 0.717) is 12.5 Å². The minimum Gasteiger partial charge on any atom is -0.355 e. The summed E-state index contributed by atoms with van der Waals surface area (Å²) in [6.07, 6.45) is 4.64. The van der Waals surface area contributed by atoms with E-state index in [1.165, 1.54) is 18.4 Å². The number of benzene rings is 1. The highest BCUT2D eigenvalue weighted by molar-refractivity contribution is 5.78. The number of likely N-dealkylation sites (tertiary alicyclic amines) is 1. The lowest BCUT2D eigenvalue weighted by Gasteiger charge is -2.16. The smallest absolute Gasteiger partial charge is 0.234 e. The van der Waals surface area contributed by atoms with Crippen molar-refractivity contribution in [1.82, 2.24) is 10.2 Å². The Morgan fingerprint density at radius 2 is 2.10 bits per heavy atom. The number of unbranched alkanes of at least 4 members (excludes halogenated alkanes) is 2. The van der Waals surface area contributed by atoms with Gasteiger partial charge in [-0.2, -0.15) is 0 Å². The first kappa shape index (κ1) is 15.0. The molecule has 1 N–H and O–H groups in total. The van der Waals surface area contributed by atoms with E-state index in [9.17, 15) is 4.79 Å². The largest absolute Gasteiger partial charge is 0.355 e. The van der Waals surface area contributed by atoms with Gasteiger partial charge >= 0.3 is 0 Å². The van der Waals surface area contributed by atoms with Crippen LogP contribution in [0.4, 0.5) is 0 Å². The van der Waals surface area contributed by atoms with Gasteiger partial charge in [-0.25, -0.2) is 0 Å². The Kier molecular flexibility index (Phi) is 6.06. The van der Waals surface area contributed by atoms with Gasteiger partial charge in [0.1, 0.15) is 0 Å². The van der Waals surface area contributed by atoms with Gasteiger partial charge in [-0.05, 0) is 30.9 Å². The number of amides is 1. The highest BCUT2D eigenvalue weighted by atomic mass is 16.2. The van der Waals surface area contributed by atoms with Crippen LogP contribution in [-0.4, -0.2) is 37.0 Å². The minimum atomic E-state index is 0.176. The number of hydrogen-bond donors (Lipinski definition) is 1. The van der Waals surface area contributed by atoms with Gasteiger partial charge in [0.15, 0.2) is 0 Å². The number of hydrogen-bond acceptors (Lipinski definition) is 2. The number of nitrogens with one attached hydrogen (secondary N) is 1. The molecule has 1 atom stereocenters. The zero-order valence-corrected chi connectivity index (χ0v) is 12.5. The highest BCUT2D eigenvalue weighted by Crippen LogP contribution is 2.26. The van der Waals surface area contributed by atoms with E-state index in [1.54, 1.807) is 0 Å². The van der Waals surface area contributed by atoms with Crippen molar-refractivity contribution in [3.63, 3.8) is 0 Å². The summed E-state index contributed by atoms with van der Waals surface area (Å²) in [5.41, 5.74) is 1.40. The lowest BCUT2D eigenvalue weighted by molar-refractivity contribution is -0.122. The zero-order chi connectivity index (χ0) is 14.2. The van der Waals surface area contributed by atoms with E-state index >= 15 is 0 Å². The summed E-state index contributed by atoms with van der Waals surface area (Å²) in [7, 11) is 0. The fourth-order valence-corrected chi connectivity index (χ4v) is 2.84. The van der Waals surface area contributed by atoms with Crippen molar-refractivity contribution in [2.24, 2.45) is 0 Å². The molecule has 2 rings (SSSR count). The maximum Gasteiger partial charge on any atom is 0.234 e. The van der Waals surface area contributed by atoms with Crippen molar-refractivity contribution in [3.8, 4) is 0 Å². The second-order valence-electron chi connectivity index (χ2n) is 5.69. The van der Waals surface area contributed by atoms with E-state index in [2.05, 4.69) is 47.5 Å². The molecular formula is C17H26N2O. The molecule has 0 bridgehead atoms. The lowest BCUT2D eigenvalue weighted by atomic mass is 9.99. The van der Waals surface area contributed by atoms with Gasteiger partial charge in [0.05, 0.1) is 6.54 Å². The van der Waals surface area contributed by atoms with Crippen LogP contribution in [0.15, 0.2) is 30.3 Å². The van der Waals surface area contributed by atoms with E-state index in [1.807, 2.05) is 0 Å². The Labute approximate surface area is 122 Å². The first-order chi connectivity index (χ1) is 9.79. The summed E-state index contributed by atoms with van der Waals surface area (Å²) in [6, 6.07) is 10.6. The number of rotatable bonds is 7. The molecule has 3 nitrogen and oxygen atoms in total. The molecule has 1 aromatic carbocycles. The third-order valence-corrected chi connectivity index (χ3v) is 4.01. The Bertz CT molecular complexity index is 405. The molecule has 1 amide bonds. The van der Waals surface area contributed by atoms with Crippen LogP contribution < -0.4 is 5.32 Å². The van der Waals surface area contributed by atoms with Crippen LogP contribution in [0.25, 0.3) is 0 Å². The standard InChI is InChI=1S/C17H26N2O/c1-2-3-7-11-18-17(20)14-19-12-10-16(13-19)15-8-5-4-6-9-15/h4-6,8-9,16H,2-3,7,10-14H2,1H3,(H,18,20). The predicted octanol–water partition coefficient (Wildman–Crippen LogP) is 2.78. The molecule has 1 fully saturated rings. The molecule has 0 saturated carbocycles. The van der Waals surface area contributed by atoms with Crippen LogP contribution in [0, 0.1) is 0 Å². The summed E-state index contributed by atoms with van der Waals surface area (Å²) in [5, 5.41) is 3.02. The van der Waals surface area contributed by atoms with Crippen LogP contribution in [0.3, 0.4) is 0 Å². The monoisotopic (exact) mass is 274 g/mol. The SMILES string of the molecule is CCCCCNC(=O)CN1CCC(c2ccccc2)C1. The van der Waals surface area contributed by atoms with Gasteiger partial charge in [-0.3, -0.25) is 9.69 Å². The van der Waals surface area contributed by atoms with E-state index in [4.69, 9.17) is 0 Å². The van der Waals surface area contributed by atoms with E-state index < -0.39 is 0 Å². The third-order valence-electron chi connectivity index (χ3n) is 4.01. The average Bonchev–Trinajstić information content (AvgIpc) is 2.93. The molecule has 0 aliphatic carbocycles. The third kappa shape index (κ3) is 4.64. The number of carbonyl (C=O) groups excluding carboxylic acids is 1. The maximum atomic E-state index is 11.9. The molecule has 110 valence electrons. The summed E-state index contributed by atoms with van der Waals surface area (Å²) in [6.45, 7) is 5.59. The molecular weight excluding hydrogens is 248 g/mol. The van der Waals surface area contributed by atoms with Crippen molar-refractivity contribution < 1.29 is 4.79 Å². The molecule has 3 heteroatoms. The Morgan fingerprint density at radius 3 is 2.85 bits per heavy atom. The molecule has 1 heterocycles. The van der Waals surface area contributed by atoms with Gasteiger partial charge in [0.2, 0.25) is 5.91 Å². The summed E-state index contributed by atoms with van der Waals surface area (Å²) < 4.78 is 0. The lowest BCUT2D eigenvalue weighted by Crippen LogP contribution is -2.36. The second-order valence-corrected chi connectivity index (χ2v) is 5.69. The fraction of sp³-hybridized carbons (Fsp3) is 0.588. The molecule has 0 radical (unpaired) electrons.